The van der Waals surface area contributed by atoms with Crippen LogP contribution in [0.4, 0.5) is 8.78 Å². The Morgan fingerprint density at radius 1 is 1.47 bits per heavy atom. The topological polar surface area (TPSA) is 61.1 Å². The molecule has 0 fully saturated rings. The second-order valence-electron chi connectivity index (χ2n) is 2.63. The van der Waals surface area contributed by atoms with Gasteiger partial charge >= 0.3 is 5.97 Å². The Morgan fingerprint density at radius 2 is 2.13 bits per heavy atom. The lowest BCUT2D eigenvalue weighted by Gasteiger charge is -1.99. The summed E-state index contributed by atoms with van der Waals surface area (Å²) in [5.74, 6) is -3.12. The van der Waals surface area contributed by atoms with E-state index in [9.17, 15) is 13.6 Å². The highest BCUT2D eigenvalue weighted by Crippen LogP contribution is 2.18. The van der Waals surface area contributed by atoms with Gasteiger partial charge in [-0.05, 0) is 12.1 Å². The molecule has 1 aromatic rings. The van der Waals surface area contributed by atoms with E-state index in [1.807, 2.05) is 0 Å². The van der Waals surface area contributed by atoms with Crippen LogP contribution in [0.15, 0.2) is 24.3 Å². The van der Waals surface area contributed by atoms with Crippen molar-refractivity contribution in [1.82, 2.24) is 0 Å². The number of rotatable bonds is 2. The van der Waals surface area contributed by atoms with Gasteiger partial charge in [0.15, 0.2) is 0 Å². The zero-order valence-corrected chi connectivity index (χ0v) is 7.37. The number of benzene rings is 1. The molecule has 1 rings (SSSR count). The molecule has 0 saturated heterocycles. The zero-order chi connectivity index (χ0) is 11.4. The van der Waals surface area contributed by atoms with Crippen molar-refractivity contribution in [2.45, 2.75) is 0 Å². The monoisotopic (exact) mass is 209 g/mol. The summed E-state index contributed by atoms with van der Waals surface area (Å²) >= 11 is 0. The predicted octanol–water partition coefficient (Wildman–Crippen LogP) is 1.96. The van der Waals surface area contributed by atoms with Crippen molar-refractivity contribution in [2.75, 3.05) is 0 Å². The van der Waals surface area contributed by atoms with E-state index in [2.05, 4.69) is 0 Å². The predicted molar refractivity (Wildman–Crippen MR) is 47.6 cm³/mol. The Hall–Kier alpha value is -2.22. The summed E-state index contributed by atoms with van der Waals surface area (Å²) in [6, 6.07) is 4.08. The summed E-state index contributed by atoms with van der Waals surface area (Å²) in [6.07, 6.45) is 0.566. The van der Waals surface area contributed by atoms with Gasteiger partial charge in [0.2, 0.25) is 0 Å². The maximum Gasteiger partial charge on any atom is 0.329 e. The second kappa shape index (κ2) is 4.33. The third kappa shape index (κ3) is 2.61. The smallest absolute Gasteiger partial charge is 0.329 e. The van der Waals surface area contributed by atoms with Crippen LogP contribution < -0.4 is 0 Å². The molecular weight excluding hydrogens is 204 g/mol. The van der Waals surface area contributed by atoms with Gasteiger partial charge in [0.25, 0.3) is 0 Å². The Morgan fingerprint density at radius 3 is 2.60 bits per heavy atom. The number of carboxylic acid groups (broad SMARTS) is 1. The highest BCUT2D eigenvalue weighted by molar-refractivity contribution is 5.94. The Labute approximate surface area is 83.9 Å². The Bertz CT molecular complexity index is 475. The molecule has 0 radical (unpaired) electrons. The van der Waals surface area contributed by atoms with Crippen molar-refractivity contribution in [3.8, 4) is 6.07 Å². The lowest BCUT2D eigenvalue weighted by Crippen LogP contribution is -1.94. The highest BCUT2D eigenvalue weighted by atomic mass is 19.1. The zero-order valence-electron chi connectivity index (χ0n) is 7.37. The number of allylic oxidation sites excluding steroid dienone is 1. The lowest BCUT2D eigenvalue weighted by atomic mass is 10.1. The first-order valence-electron chi connectivity index (χ1n) is 3.84. The van der Waals surface area contributed by atoms with Gasteiger partial charge in [-0.1, -0.05) is 0 Å². The van der Waals surface area contributed by atoms with E-state index in [-0.39, 0.29) is 11.1 Å². The molecule has 0 atom stereocenters. The Kier molecular flexibility index (Phi) is 3.13. The first kappa shape index (κ1) is 10.9. The molecule has 0 aliphatic rings. The fourth-order valence-electron chi connectivity index (χ4n) is 1.00. The highest BCUT2D eigenvalue weighted by Gasteiger charge is 2.09. The molecule has 15 heavy (non-hydrogen) atoms. The molecule has 1 aromatic carbocycles. The van der Waals surface area contributed by atoms with Gasteiger partial charge in [-0.2, -0.15) is 5.26 Å². The van der Waals surface area contributed by atoms with Crippen LogP contribution in [0.5, 0.6) is 0 Å². The van der Waals surface area contributed by atoms with Crippen LogP contribution >= 0.6 is 0 Å². The van der Waals surface area contributed by atoms with Crippen molar-refractivity contribution in [3.05, 3.63) is 41.5 Å². The molecular formula is C10H5F2NO2. The first-order valence-corrected chi connectivity index (χ1v) is 3.84. The normalized spacial score (nSPS) is 10.9. The van der Waals surface area contributed by atoms with Crippen molar-refractivity contribution in [1.29, 1.82) is 5.26 Å². The van der Waals surface area contributed by atoms with Crippen LogP contribution in [0.2, 0.25) is 0 Å². The molecule has 0 amide bonds. The largest absolute Gasteiger partial charge is 0.478 e. The van der Waals surface area contributed by atoms with Crippen LogP contribution in [0.25, 0.3) is 5.57 Å². The van der Waals surface area contributed by atoms with Gasteiger partial charge in [0.1, 0.15) is 17.7 Å². The Balaban J connectivity index is 3.27. The van der Waals surface area contributed by atoms with Gasteiger partial charge in [-0.3, -0.25) is 0 Å². The van der Waals surface area contributed by atoms with E-state index in [4.69, 9.17) is 10.4 Å². The minimum absolute atomic E-state index is 0.235. The average molecular weight is 209 g/mol. The lowest BCUT2D eigenvalue weighted by molar-refractivity contribution is -0.131. The van der Waals surface area contributed by atoms with E-state index in [1.165, 1.54) is 6.07 Å². The molecule has 0 spiro atoms. The van der Waals surface area contributed by atoms with Crippen molar-refractivity contribution < 1.29 is 18.7 Å². The number of hydrogen-bond donors (Lipinski definition) is 1. The van der Waals surface area contributed by atoms with Crippen LogP contribution in [0, 0.1) is 23.0 Å². The summed E-state index contributed by atoms with van der Waals surface area (Å²) in [6.45, 7) is 0. The standard InChI is InChI=1S/C10H5F2NO2/c11-7-1-2-8(9(12)4-7)6(5-13)3-10(14)15/h1-4H,(H,14,15)/b6-3+. The number of nitrogens with zero attached hydrogens (tertiary/aromatic N) is 1. The number of nitriles is 1. The quantitative estimate of drug-likeness (QED) is 0.598. The summed E-state index contributed by atoms with van der Waals surface area (Å²) in [5, 5.41) is 17.0. The third-order valence-electron chi connectivity index (χ3n) is 1.61. The van der Waals surface area contributed by atoms with Crippen molar-refractivity contribution in [3.63, 3.8) is 0 Å². The van der Waals surface area contributed by atoms with Crippen LogP contribution in [0.1, 0.15) is 5.56 Å². The summed E-state index contributed by atoms with van der Waals surface area (Å²) in [7, 11) is 0. The fourth-order valence-corrected chi connectivity index (χ4v) is 1.00. The van der Waals surface area contributed by atoms with Crippen molar-refractivity contribution >= 4 is 11.5 Å². The maximum absolute atomic E-state index is 13.1. The molecule has 0 aliphatic heterocycles. The minimum Gasteiger partial charge on any atom is -0.478 e. The molecule has 0 aliphatic carbocycles. The average Bonchev–Trinajstić information content (AvgIpc) is 2.14. The molecule has 5 heteroatoms. The van der Waals surface area contributed by atoms with E-state index in [1.54, 1.807) is 0 Å². The summed E-state index contributed by atoms with van der Waals surface area (Å²) in [4.78, 5) is 10.3. The van der Waals surface area contributed by atoms with Crippen LogP contribution in [-0.2, 0) is 4.79 Å². The molecule has 0 aromatic heterocycles. The van der Waals surface area contributed by atoms with Gasteiger partial charge in [-0.25, -0.2) is 13.6 Å². The second-order valence-corrected chi connectivity index (χ2v) is 2.63. The van der Waals surface area contributed by atoms with Crippen LogP contribution in [-0.4, -0.2) is 11.1 Å². The van der Waals surface area contributed by atoms with Crippen LogP contribution in [0.3, 0.4) is 0 Å². The molecule has 0 bridgehead atoms. The number of aliphatic carboxylic acids is 1. The van der Waals surface area contributed by atoms with Gasteiger partial charge in [0.05, 0.1) is 5.57 Å². The van der Waals surface area contributed by atoms with E-state index >= 15 is 0 Å². The summed E-state index contributed by atoms with van der Waals surface area (Å²) < 4.78 is 25.6. The molecule has 0 saturated carbocycles. The minimum atomic E-state index is -1.37. The molecule has 0 unspecified atom stereocenters. The van der Waals surface area contributed by atoms with Crippen molar-refractivity contribution in [2.24, 2.45) is 0 Å². The number of carboxylic acids is 1. The number of halogens is 2. The molecule has 76 valence electrons. The molecule has 0 heterocycles. The fraction of sp³-hybridized carbons (Fsp3) is 0. The SMILES string of the molecule is N#C/C(=C\C(=O)O)c1ccc(F)cc1F. The molecule has 3 nitrogen and oxygen atoms in total. The number of hydrogen-bond acceptors (Lipinski definition) is 2. The molecule has 1 N–H and O–H groups in total. The first-order chi connectivity index (χ1) is 7.04. The number of carbonyl (C=O) groups is 1. The van der Waals surface area contributed by atoms with Gasteiger partial charge < -0.3 is 5.11 Å². The van der Waals surface area contributed by atoms with E-state index in [0.29, 0.717) is 12.1 Å². The van der Waals surface area contributed by atoms with E-state index < -0.39 is 17.6 Å². The maximum atomic E-state index is 13.1. The third-order valence-corrected chi connectivity index (χ3v) is 1.61. The van der Waals surface area contributed by atoms with Gasteiger partial charge in [-0.15, -0.1) is 0 Å². The van der Waals surface area contributed by atoms with E-state index in [0.717, 1.165) is 12.1 Å². The summed E-state index contributed by atoms with van der Waals surface area (Å²) in [5.41, 5.74) is -0.596. The van der Waals surface area contributed by atoms with Gasteiger partial charge in [0, 0.05) is 17.7 Å².